The largest absolute Gasteiger partial charge is 0.496 e. The van der Waals surface area contributed by atoms with E-state index in [9.17, 15) is 5.11 Å². The number of nitrogens with one attached hydrogen (secondary N) is 1. The van der Waals surface area contributed by atoms with Crippen molar-refractivity contribution in [3.63, 3.8) is 0 Å². The Hall–Kier alpha value is -2.44. The van der Waals surface area contributed by atoms with E-state index in [-0.39, 0.29) is 13.2 Å². The van der Waals surface area contributed by atoms with Crippen LogP contribution in [0.1, 0.15) is 0 Å². The topological polar surface area (TPSA) is 97.0 Å². The number of nitrogen functional groups attached to an aromatic ring is 1. The lowest BCUT2D eigenvalue weighted by Gasteiger charge is -2.17. The predicted molar refractivity (Wildman–Crippen MR) is 91.0 cm³/mol. The highest BCUT2D eigenvalue weighted by molar-refractivity contribution is 5.86. The van der Waals surface area contributed by atoms with Crippen LogP contribution < -0.4 is 20.5 Å². The van der Waals surface area contributed by atoms with Crippen molar-refractivity contribution in [1.82, 2.24) is 0 Å². The monoisotopic (exact) mass is 318 g/mol. The molecule has 2 aromatic rings. The number of aliphatic hydroxyl groups is 2. The fourth-order valence-corrected chi connectivity index (χ4v) is 2.30. The molecule has 1 unspecified atom stereocenters. The Balaban J connectivity index is 2.43. The Kier molecular flexibility index (Phi) is 5.67. The molecule has 0 amide bonds. The molecule has 2 aromatic carbocycles. The van der Waals surface area contributed by atoms with Crippen LogP contribution in [0.3, 0.4) is 0 Å². The maximum absolute atomic E-state index is 9.45. The molecule has 6 heteroatoms. The third-order valence-corrected chi connectivity index (χ3v) is 3.50. The van der Waals surface area contributed by atoms with Crippen molar-refractivity contribution in [2.45, 2.75) is 6.10 Å². The normalized spacial score (nSPS) is 11.8. The number of hydrogen-bond donors (Lipinski definition) is 4. The molecule has 0 spiro atoms. The van der Waals surface area contributed by atoms with Crippen LogP contribution >= 0.6 is 0 Å². The van der Waals surface area contributed by atoms with Crippen molar-refractivity contribution < 1.29 is 19.7 Å². The Bertz CT molecular complexity index is 639. The van der Waals surface area contributed by atoms with Gasteiger partial charge in [-0.2, -0.15) is 0 Å². The summed E-state index contributed by atoms with van der Waals surface area (Å²) in [6, 6.07) is 11.0. The summed E-state index contributed by atoms with van der Waals surface area (Å²) >= 11 is 0. The van der Waals surface area contributed by atoms with Crippen molar-refractivity contribution in [3.05, 3.63) is 36.4 Å². The molecule has 5 N–H and O–H groups in total. The molecule has 6 nitrogen and oxygen atoms in total. The standard InChI is InChI=1S/C17H22N2O4/c1-22-15-4-3-5-16(23-2)17(15)13-8-11(6-7-14(13)18)19-9-12(21)10-20/h3-8,12,19-21H,9-10,18H2,1-2H3. The van der Waals surface area contributed by atoms with E-state index in [2.05, 4.69) is 5.32 Å². The first-order chi connectivity index (χ1) is 11.1. The Morgan fingerprint density at radius 1 is 1.13 bits per heavy atom. The molecule has 0 fully saturated rings. The van der Waals surface area contributed by atoms with Gasteiger partial charge in [0.2, 0.25) is 0 Å². The van der Waals surface area contributed by atoms with Crippen molar-refractivity contribution in [1.29, 1.82) is 0 Å². The molecule has 0 aliphatic rings. The van der Waals surface area contributed by atoms with Gasteiger partial charge in [-0.1, -0.05) is 6.07 Å². The van der Waals surface area contributed by atoms with Crippen molar-refractivity contribution >= 4 is 11.4 Å². The van der Waals surface area contributed by atoms with Crippen LogP contribution in [0.25, 0.3) is 11.1 Å². The highest BCUT2D eigenvalue weighted by atomic mass is 16.5. The smallest absolute Gasteiger partial charge is 0.130 e. The number of anilines is 2. The van der Waals surface area contributed by atoms with Crippen LogP contribution in [0.15, 0.2) is 36.4 Å². The first-order valence-corrected chi connectivity index (χ1v) is 7.24. The van der Waals surface area contributed by atoms with Gasteiger partial charge in [0.15, 0.2) is 0 Å². The van der Waals surface area contributed by atoms with Gasteiger partial charge in [-0.15, -0.1) is 0 Å². The van der Waals surface area contributed by atoms with Gasteiger partial charge in [0, 0.05) is 23.5 Å². The summed E-state index contributed by atoms with van der Waals surface area (Å²) in [6.07, 6.45) is -0.822. The van der Waals surface area contributed by atoms with Gasteiger partial charge < -0.3 is 30.7 Å². The molecule has 0 bridgehead atoms. The summed E-state index contributed by atoms with van der Waals surface area (Å²) < 4.78 is 10.8. The molecule has 0 aromatic heterocycles. The van der Waals surface area contributed by atoms with Gasteiger partial charge in [-0.05, 0) is 30.3 Å². The fraction of sp³-hybridized carbons (Fsp3) is 0.294. The van der Waals surface area contributed by atoms with E-state index in [0.717, 1.165) is 16.8 Å². The van der Waals surface area contributed by atoms with Gasteiger partial charge in [0.1, 0.15) is 11.5 Å². The number of aliphatic hydroxyl groups excluding tert-OH is 2. The molecular formula is C17H22N2O4. The van der Waals surface area contributed by atoms with E-state index in [4.69, 9.17) is 20.3 Å². The molecular weight excluding hydrogens is 296 g/mol. The van der Waals surface area contributed by atoms with Crippen LogP contribution in [0.4, 0.5) is 11.4 Å². The number of methoxy groups -OCH3 is 2. The first kappa shape index (κ1) is 16.9. The van der Waals surface area contributed by atoms with E-state index < -0.39 is 6.10 Å². The maximum atomic E-state index is 9.45. The van der Waals surface area contributed by atoms with E-state index >= 15 is 0 Å². The van der Waals surface area contributed by atoms with Crippen LogP contribution in [-0.4, -0.2) is 43.7 Å². The lowest BCUT2D eigenvalue weighted by Crippen LogP contribution is -2.22. The number of rotatable bonds is 7. The zero-order valence-electron chi connectivity index (χ0n) is 13.2. The molecule has 23 heavy (non-hydrogen) atoms. The van der Waals surface area contributed by atoms with Crippen molar-refractivity contribution in [2.24, 2.45) is 0 Å². The predicted octanol–water partition coefficient (Wildman–Crippen LogP) is 1.72. The van der Waals surface area contributed by atoms with Crippen molar-refractivity contribution in [3.8, 4) is 22.6 Å². The van der Waals surface area contributed by atoms with E-state index in [0.29, 0.717) is 17.2 Å². The third-order valence-electron chi connectivity index (χ3n) is 3.50. The molecule has 1 atom stereocenters. The zero-order valence-corrected chi connectivity index (χ0v) is 13.2. The lowest BCUT2D eigenvalue weighted by molar-refractivity contribution is 0.105. The van der Waals surface area contributed by atoms with Crippen LogP contribution in [-0.2, 0) is 0 Å². The molecule has 0 heterocycles. The second kappa shape index (κ2) is 7.71. The number of benzene rings is 2. The maximum Gasteiger partial charge on any atom is 0.130 e. The highest BCUT2D eigenvalue weighted by Crippen LogP contribution is 2.41. The summed E-state index contributed by atoms with van der Waals surface area (Å²) in [5.74, 6) is 1.31. The number of hydrogen-bond acceptors (Lipinski definition) is 6. The van der Waals surface area contributed by atoms with Gasteiger partial charge in [-0.25, -0.2) is 0 Å². The summed E-state index contributed by atoms with van der Waals surface area (Å²) in [5.41, 5.74) is 9.01. The second-order valence-corrected chi connectivity index (χ2v) is 5.06. The fourth-order valence-electron chi connectivity index (χ4n) is 2.30. The van der Waals surface area contributed by atoms with Crippen LogP contribution in [0.2, 0.25) is 0 Å². The average molecular weight is 318 g/mol. The van der Waals surface area contributed by atoms with Crippen molar-refractivity contribution in [2.75, 3.05) is 38.4 Å². The second-order valence-electron chi connectivity index (χ2n) is 5.06. The summed E-state index contributed by atoms with van der Waals surface area (Å²) in [4.78, 5) is 0. The molecule has 0 aliphatic heterocycles. The Morgan fingerprint density at radius 3 is 2.35 bits per heavy atom. The number of nitrogens with two attached hydrogens (primary N) is 1. The third kappa shape index (κ3) is 3.85. The van der Waals surface area contributed by atoms with Gasteiger partial charge in [0.25, 0.3) is 0 Å². The minimum Gasteiger partial charge on any atom is -0.496 e. The number of ether oxygens (including phenoxy) is 2. The van der Waals surface area contributed by atoms with E-state index in [1.165, 1.54) is 0 Å². The van der Waals surface area contributed by atoms with Gasteiger partial charge in [0.05, 0.1) is 32.5 Å². The van der Waals surface area contributed by atoms with Gasteiger partial charge >= 0.3 is 0 Å². The Labute approximate surface area is 135 Å². The van der Waals surface area contributed by atoms with Gasteiger partial charge in [-0.3, -0.25) is 0 Å². The summed E-state index contributed by atoms with van der Waals surface area (Å²) in [7, 11) is 3.18. The molecule has 124 valence electrons. The molecule has 2 rings (SSSR count). The Morgan fingerprint density at radius 2 is 1.78 bits per heavy atom. The minimum atomic E-state index is -0.822. The summed E-state index contributed by atoms with van der Waals surface area (Å²) in [6.45, 7) is -0.0575. The minimum absolute atomic E-state index is 0.239. The molecule has 0 saturated carbocycles. The van der Waals surface area contributed by atoms with Crippen LogP contribution in [0.5, 0.6) is 11.5 Å². The molecule has 0 aliphatic carbocycles. The van der Waals surface area contributed by atoms with E-state index in [1.54, 1.807) is 20.3 Å². The summed E-state index contributed by atoms with van der Waals surface area (Å²) in [5, 5.41) is 21.4. The zero-order chi connectivity index (χ0) is 16.8. The molecule has 0 saturated heterocycles. The molecule has 0 radical (unpaired) electrons. The average Bonchev–Trinajstić information content (AvgIpc) is 2.59. The SMILES string of the molecule is COc1cccc(OC)c1-c1cc(NCC(O)CO)ccc1N. The highest BCUT2D eigenvalue weighted by Gasteiger charge is 2.15. The van der Waals surface area contributed by atoms with E-state index in [1.807, 2.05) is 30.3 Å². The quantitative estimate of drug-likeness (QED) is 0.580. The first-order valence-electron chi connectivity index (χ1n) is 7.24. The van der Waals surface area contributed by atoms with Crippen LogP contribution in [0, 0.1) is 0 Å². The lowest BCUT2D eigenvalue weighted by atomic mass is 10.0.